The number of carbonyl (C=O) groups is 1. The number of benzene rings is 1. The Morgan fingerprint density at radius 1 is 1.43 bits per heavy atom. The van der Waals surface area contributed by atoms with Gasteiger partial charge in [-0.1, -0.05) is 12.1 Å². The van der Waals surface area contributed by atoms with E-state index >= 15 is 0 Å². The molecule has 1 aromatic rings. The molecule has 0 amide bonds. The van der Waals surface area contributed by atoms with Gasteiger partial charge in [-0.2, -0.15) is 0 Å². The van der Waals surface area contributed by atoms with Gasteiger partial charge in [0.25, 0.3) is 0 Å². The van der Waals surface area contributed by atoms with Crippen molar-refractivity contribution in [1.82, 2.24) is 0 Å². The normalized spacial score (nSPS) is 12.9. The molecule has 0 fully saturated rings. The maximum Gasteiger partial charge on any atom is 0.231 e. The molecule has 0 spiro atoms. The summed E-state index contributed by atoms with van der Waals surface area (Å²) in [7, 11) is 0. The summed E-state index contributed by atoms with van der Waals surface area (Å²) in [5, 5.41) is 0. The Bertz CT molecular complexity index is 358. The van der Waals surface area contributed by atoms with Gasteiger partial charge in [-0.25, -0.2) is 0 Å². The maximum atomic E-state index is 10.8. The van der Waals surface area contributed by atoms with Crippen molar-refractivity contribution in [2.24, 2.45) is 0 Å². The molecule has 0 radical (unpaired) electrons. The van der Waals surface area contributed by atoms with Gasteiger partial charge in [-0.05, 0) is 25.0 Å². The number of fused-ring (bicyclic) bond motifs is 1. The van der Waals surface area contributed by atoms with Gasteiger partial charge in [-0.15, -0.1) is 0 Å². The second kappa shape index (κ2) is 3.70. The van der Waals surface area contributed by atoms with Gasteiger partial charge in [0.15, 0.2) is 11.5 Å². The first-order valence-electron chi connectivity index (χ1n) is 4.64. The van der Waals surface area contributed by atoms with Gasteiger partial charge in [-0.3, -0.25) is 0 Å². The minimum atomic E-state index is 0.196. The Morgan fingerprint density at radius 2 is 2.29 bits per heavy atom. The smallest absolute Gasteiger partial charge is 0.231 e. The van der Waals surface area contributed by atoms with E-state index in [0.717, 1.165) is 23.5 Å². The van der Waals surface area contributed by atoms with Crippen LogP contribution in [0.2, 0.25) is 0 Å². The first-order chi connectivity index (χ1) is 6.77. The van der Waals surface area contributed by atoms with Crippen molar-refractivity contribution in [3.8, 4) is 11.5 Å². The van der Waals surface area contributed by atoms with Crippen LogP contribution in [0, 0.1) is 0 Å². The van der Waals surface area contributed by atoms with Crippen molar-refractivity contribution in [3.05, 3.63) is 23.8 Å². The van der Waals surface area contributed by atoms with Crippen LogP contribution < -0.4 is 9.47 Å². The molecule has 0 unspecified atom stereocenters. The average Bonchev–Trinajstić information content (AvgIpc) is 2.62. The highest BCUT2D eigenvalue weighted by atomic mass is 16.7. The third-order valence-electron chi connectivity index (χ3n) is 2.22. The predicted octanol–water partition coefficient (Wildman–Crippen LogP) is 1.94. The maximum absolute atomic E-state index is 10.8. The highest BCUT2D eigenvalue weighted by Crippen LogP contribution is 2.35. The molecule has 74 valence electrons. The molecule has 0 atom stereocenters. The van der Waals surface area contributed by atoms with Crippen molar-refractivity contribution >= 4 is 5.78 Å². The molecule has 1 aliphatic rings. The Kier molecular flexibility index (Phi) is 2.39. The van der Waals surface area contributed by atoms with Crippen LogP contribution in [-0.2, 0) is 11.2 Å². The van der Waals surface area contributed by atoms with Crippen LogP contribution in [0.1, 0.15) is 18.9 Å². The van der Waals surface area contributed by atoms with Gasteiger partial charge < -0.3 is 14.3 Å². The van der Waals surface area contributed by atoms with E-state index in [4.69, 9.17) is 9.47 Å². The summed E-state index contributed by atoms with van der Waals surface area (Å²) in [6.07, 6.45) is 1.28. The first kappa shape index (κ1) is 9.06. The summed E-state index contributed by atoms with van der Waals surface area (Å²) in [4.78, 5) is 10.8. The number of rotatable bonds is 3. The minimum Gasteiger partial charge on any atom is -0.454 e. The summed E-state index contributed by atoms with van der Waals surface area (Å²) in [6, 6.07) is 5.76. The van der Waals surface area contributed by atoms with Crippen molar-refractivity contribution in [2.75, 3.05) is 6.79 Å². The molecule has 0 saturated heterocycles. The molecule has 1 heterocycles. The SMILES string of the molecule is CC(=O)CCc1cccc2c1OCO2. The third kappa shape index (κ3) is 1.71. The van der Waals surface area contributed by atoms with E-state index in [0.29, 0.717) is 6.42 Å². The predicted molar refractivity (Wildman–Crippen MR) is 51.6 cm³/mol. The Hall–Kier alpha value is -1.51. The largest absolute Gasteiger partial charge is 0.454 e. The summed E-state index contributed by atoms with van der Waals surface area (Å²) in [5.74, 6) is 1.78. The Morgan fingerprint density at radius 3 is 3.07 bits per heavy atom. The van der Waals surface area contributed by atoms with Crippen molar-refractivity contribution in [3.63, 3.8) is 0 Å². The van der Waals surface area contributed by atoms with Crippen LogP contribution in [0.25, 0.3) is 0 Å². The fourth-order valence-corrected chi connectivity index (χ4v) is 1.50. The van der Waals surface area contributed by atoms with E-state index in [1.165, 1.54) is 0 Å². The van der Waals surface area contributed by atoms with Crippen LogP contribution in [0.15, 0.2) is 18.2 Å². The molecule has 0 N–H and O–H groups in total. The number of Topliss-reactive ketones (excluding diaryl/α,β-unsaturated/α-hetero) is 1. The zero-order valence-corrected chi connectivity index (χ0v) is 8.08. The molecule has 0 aliphatic carbocycles. The number of ether oxygens (including phenoxy) is 2. The quantitative estimate of drug-likeness (QED) is 0.734. The molecular weight excluding hydrogens is 180 g/mol. The van der Waals surface area contributed by atoms with Crippen LogP contribution in [0.3, 0.4) is 0 Å². The van der Waals surface area contributed by atoms with Crippen molar-refractivity contribution < 1.29 is 14.3 Å². The van der Waals surface area contributed by atoms with Crippen LogP contribution in [-0.4, -0.2) is 12.6 Å². The van der Waals surface area contributed by atoms with Crippen LogP contribution in [0.5, 0.6) is 11.5 Å². The molecule has 3 heteroatoms. The number of hydrogen-bond donors (Lipinski definition) is 0. The topological polar surface area (TPSA) is 35.5 Å². The fraction of sp³-hybridized carbons (Fsp3) is 0.364. The van der Waals surface area contributed by atoms with Gasteiger partial charge >= 0.3 is 0 Å². The molecule has 0 aromatic heterocycles. The minimum absolute atomic E-state index is 0.196. The highest BCUT2D eigenvalue weighted by molar-refractivity contribution is 5.75. The van der Waals surface area contributed by atoms with Gasteiger partial charge in [0.05, 0.1) is 0 Å². The Labute approximate surface area is 82.6 Å². The van der Waals surface area contributed by atoms with Gasteiger partial charge in [0, 0.05) is 6.42 Å². The van der Waals surface area contributed by atoms with Crippen molar-refractivity contribution in [1.29, 1.82) is 0 Å². The summed E-state index contributed by atoms with van der Waals surface area (Å²) >= 11 is 0. The van der Waals surface area contributed by atoms with E-state index in [1.54, 1.807) is 6.92 Å². The molecule has 3 nitrogen and oxygen atoms in total. The Balaban J connectivity index is 2.17. The van der Waals surface area contributed by atoms with E-state index < -0.39 is 0 Å². The molecule has 2 rings (SSSR count). The van der Waals surface area contributed by atoms with Gasteiger partial charge in [0.1, 0.15) is 5.78 Å². The lowest BCUT2D eigenvalue weighted by molar-refractivity contribution is -0.116. The standard InChI is InChI=1S/C11H12O3/c1-8(12)5-6-9-3-2-4-10-11(9)14-7-13-10/h2-4H,5-7H2,1H3. The van der Waals surface area contributed by atoms with E-state index in [2.05, 4.69) is 0 Å². The number of carbonyl (C=O) groups excluding carboxylic acids is 1. The van der Waals surface area contributed by atoms with Crippen molar-refractivity contribution in [2.45, 2.75) is 19.8 Å². The lowest BCUT2D eigenvalue weighted by Crippen LogP contribution is -1.97. The summed E-state index contributed by atoms with van der Waals surface area (Å²) in [5.41, 5.74) is 1.05. The zero-order valence-electron chi connectivity index (χ0n) is 8.08. The fourth-order valence-electron chi connectivity index (χ4n) is 1.50. The number of hydrogen-bond acceptors (Lipinski definition) is 3. The number of aryl methyl sites for hydroxylation is 1. The second-order valence-electron chi connectivity index (χ2n) is 3.35. The summed E-state index contributed by atoms with van der Waals surface area (Å²) in [6.45, 7) is 1.88. The van der Waals surface area contributed by atoms with E-state index in [9.17, 15) is 4.79 Å². The zero-order chi connectivity index (χ0) is 9.97. The molecule has 1 aromatic carbocycles. The summed E-state index contributed by atoms with van der Waals surface area (Å²) < 4.78 is 10.6. The average molecular weight is 192 g/mol. The molecular formula is C11H12O3. The third-order valence-corrected chi connectivity index (χ3v) is 2.22. The first-order valence-corrected chi connectivity index (χ1v) is 4.64. The van der Waals surface area contributed by atoms with E-state index in [1.807, 2.05) is 18.2 Å². The molecule has 0 bridgehead atoms. The lowest BCUT2D eigenvalue weighted by Gasteiger charge is -2.03. The molecule has 0 saturated carbocycles. The van der Waals surface area contributed by atoms with Gasteiger partial charge in [0.2, 0.25) is 6.79 Å². The lowest BCUT2D eigenvalue weighted by atomic mass is 10.1. The highest BCUT2D eigenvalue weighted by Gasteiger charge is 2.16. The monoisotopic (exact) mass is 192 g/mol. The number of ketones is 1. The van der Waals surface area contributed by atoms with E-state index in [-0.39, 0.29) is 12.6 Å². The number of para-hydroxylation sites is 1. The second-order valence-corrected chi connectivity index (χ2v) is 3.35. The van der Waals surface area contributed by atoms with Crippen LogP contribution in [0.4, 0.5) is 0 Å². The molecule has 1 aliphatic heterocycles. The van der Waals surface area contributed by atoms with Crippen LogP contribution >= 0.6 is 0 Å². The molecule has 14 heavy (non-hydrogen) atoms.